The van der Waals surface area contributed by atoms with Crippen LogP contribution in [0.3, 0.4) is 0 Å². The van der Waals surface area contributed by atoms with E-state index in [0.29, 0.717) is 0 Å². The van der Waals surface area contributed by atoms with Gasteiger partial charge in [-0.1, -0.05) is 0 Å². The van der Waals surface area contributed by atoms with Gasteiger partial charge in [0.25, 0.3) is 0 Å². The fourth-order valence-corrected chi connectivity index (χ4v) is 1.08. The summed E-state index contributed by atoms with van der Waals surface area (Å²) in [5.41, 5.74) is 5.91. The summed E-state index contributed by atoms with van der Waals surface area (Å²) in [6.45, 7) is 3.58. The summed E-state index contributed by atoms with van der Waals surface area (Å²) in [5, 5.41) is 0. The van der Waals surface area contributed by atoms with E-state index in [4.69, 9.17) is 15.2 Å². The van der Waals surface area contributed by atoms with Gasteiger partial charge in [-0.2, -0.15) is 0 Å². The number of hydrogen-bond donors (Lipinski definition) is 1. The Morgan fingerprint density at radius 1 is 1.08 bits per heavy atom. The highest BCUT2D eigenvalue weighted by Gasteiger charge is 2.16. The Morgan fingerprint density at radius 2 is 1.67 bits per heavy atom. The second-order valence-electron chi connectivity index (χ2n) is 3.49. The fourth-order valence-electron chi connectivity index (χ4n) is 1.08. The average Bonchev–Trinajstić information content (AvgIpc) is 2.01. The number of hydrogen-bond acceptors (Lipinski definition) is 3. The highest BCUT2D eigenvalue weighted by molar-refractivity contribution is 4.77. The minimum absolute atomic E-state index is 0.103. The van der Waals surface area contributed by atoms with Crippen molar-refractivity contribution in [2.75, 3.05) is 27.4 Å². The van der Waals surface area contributed by atoms with Crippen LogP contribution in [0.4, 0.5) is 0 Å². The van der Waals surface area contributed by atoms with E-state index in [0.717, 1.165) is 32.5 Å². The molecular formula is C9H21NO2. The topological polar surface area (TPSA) is 44.5 Å². The SMILES string of the molecule is COCCCC(C)(N)CCOC. The first-order valence-electron chi connectivity index (χ1n) is 4.39. The Balaban J connectivity index is 3.42. The molecule has 2 N–H and O–H groups in total. The Kier molecular flexibility index (Phi) is 6.34. The molecule has 0 saturated heterocycles. The summed E-state index contributed by atoms with van der Waals surface area (Å²) in [7, 11) is 3.41. The lowest BCUT2D eigenvalue weighted by atomic mass is 9.94. The summed E-state index contributed by atoms with van der Waals surface area (Å²) in [5.74, 6) is 0. The van der Waals surface area contributed by atoms with E-state index in [9.17, 15) is 0 Å². The van der Waals surface area contributed by atoms with Gasteiger partial charge in [-0.25, -0.2) is 0 Å². The van der Waals surface area contributed by atoms with Crippen molar-refractivity contribution in [3.05, 3.63) is 0 Å². The predicted molar refractivity (Wildman–Crippen MR) is 50.2 cm³/mol. The van der Waals surface area contributed by atoms with Crippen molar-refractivity contribution in [3.63, 3.8) is 0 Å². The monoisotopic (exact) mass is 175 g/mol. The van der Waals surface area contributed by atoms with Crippen LogP contribution in [-0.4, -0.2) is 33.0 Å². The maximum absolute atomic E-state index is 6.01. The molecule has 74 valence electrons. The molecule has 3 nitrogen and oxygen atoms in total. The first kappa shape index (κ1) is 11.9. The molecule has 1 atom stereocenters. The Bertz CT molecular complexity index is 105. The summed E-state index contributed by atoms with van der Waals surface area (Å²) in [6, 6.07) is 0. The van der Waals surface area contributed by atoms with Crippen molar-refractivity contribution in [2.24, 2.45) is 5.73 Å². The van der Waals surface area contributed by atoms with Gasteiger partial charge in [-0.3, -0.25) is 0 Å². The van der Waals surface area contributed by atoms with Gasteiger partial charge in [-0.15, -0.1) is 0 Å². The van der Waals surface area contributed by atoms with E-state index in [2.05, 4.69) is 6.92 Å². The molecule has 0 fully saturated rings. The number of methoxy groups -OCH3 is 2. The minimum Gasteiger partial charge on any atom is -0.385 e. The van der Waals surface area contributed by atoms with E-state index in [1.54, 1.807) is 14.2 Å². The van der Waals surface area contributed by atoms with Crippen molar-refractivity contribution in [2.45, 2.75) is 31.7 Å². The molecule has 1 unspecified atom stereocenters. The Morgan fingerprint density at radius 3 is 2.17 bits per heavy atom. The normalized spacial score (nSPS) is 16.0. The van der Waals surface area contributed by atoms with Crippen molar-refractivity contribution in [1.82, 2.24) is 0 Å². The van der Waals surface area contributed by atoms with E-state index in [1.165, 1.54) is 0 Å². The van der Waals surface area contributed by atoms with E-state index in [1.807, 2.05) is 0 Å². The van der Waals surface area contributed by atoms with Crippen molar-refractivity contribution < 1.29 is 9.47 Å². The van der Waals surface area contributed by atoms with E-state index in [-0.39, 0.29) is 5.54 Å². The molecule has 0 aromatic heterocycles. The fraction of sp³-hybridized carbons (Fsp3) is 1.00. The van der Waals surface area contributed by atoms with Crippen LogP contribution in [0.2, 0.25) is 0 Å². The van der Waals surface area contributed by atoms with Crippen LogP contribution in [0, 0.1) is 0 Å². The average molecular weight is 175 g/mol. The van der Waals surface area contributed by atoms with Crippen LogP contribution < -0.4 is 5.73 Å². The lowest BCUT2D eigenvalue weighted by molar-refractivity contribution is 0.155. The lowest BCUT2D eigenvalue weighted by Gasteiger charge is -2.23. The smallest absolute Gasteiger partial charge is 0.0479 e. The molecule has 0 amide bonds. The van der Waals surface area contributed by atoms with E-state index < -0.39 is 0 Å². The maximum Gasteiger partial charge on any atom is 0.0479 e. The molecule has 0 saturated carbocycles. The van der Waals surface area contributed by atoms with Crippen molar-refractivity contribution in [1.29, 1.82) is 0 Å². The molecule has 0 rings (SSSR count). The van der Waals surface area contributed by atoms with Gasteiger partial charge < -0.3 is 15.2 Å². The molecule has 12 heavy (non-hydrogen) atoms. The minimum atomic E-state index is -0.103. The quantitative estimate of drug-likeness (QED) is 0.591. The zero-order valence-electron chi connectivity index (χ0n) is 8.43. The summed E-state index contributed by atoms with van der Waals surface area (Å²) >= 11 is 0. The standard InChI is InChI=1S/C9H21NO2/c1-9(10,6-8-12-3)5-4-7-11-2/h4-8,10H2,1-3H3. The zero-order chi connectivity index (χ0) is 9.45. The third-order valence-corrected chi connectivity index (χ3v) is 1.97. The van der Waals surface area contributed by atoms with E-state index >= 15 is 0 Å². The predicted octanol–water partition coefficient (Wildman–Crippen LogP) is 1.17. The maximum atomic E-state index is 6.01. The van der Waals surface area contributed by atoms with Crippen LogP contribution in [0.15, 0.2) is 0 Å². The lowest BCUT2D eigenvalue weighted by Crippen LogP contribution is -2.37. The summed E-state index contributed by atoms with van der Waals surface area (Å²) in [6.07, 6.45) is 2.92. The van der Waals surface area contributed by atoms with Gasteiger partial charge in [0, 0.05) is 33.0 Å². The molecule has 0 aromatic rings. The third-order valence-electron chi connectivity index (χ3n) is 1.97. The van der Waals surface area contributed by atoms with Gasteiger partial charge in [0.15, 0.2) is 0 Å². The van der Waals surface area contributed by atoms with Gasteiger partial charge in [0.05, 0.1) is 0 Å². The molecule has 0 aliphatic heterocycles. The van der Waals surface area contributed by atoms with Crippen LogP contribution in [-0.2, 0) is 9.47 Å². The van der Waals surface area contributed by atoms with Crippen LogP contribution in [0.25, 0.3) is 0 Å². The molecule has 0 radical (unpaired) electrons. The van der Waals surface area contributed by atoms with Crippen LogP contribution >= 0.6 is 0 Å². The highest BCUT2D eigenvalue weighted by atomic mass is 16.5. The zero-order valence-corrected chi connectivity index (χ0v) is 8.43. The highest BCUT2D eigenvalue weighted by Crippen LogP contribution is 2.13. The second-order valence-corrected chi connectivity index (χ2v) is 3.49. The summed E-state index contributed by atoms with van der Waals surface area (Å²) < 4.78 is 9.93. The number of nitrogens with two attached hydrogens (primary N) is 1. The molecule has 0 bridgehead atoms. The largest absolute Gasteiger partial charge is 0.385 e. The van der Waals surface area contributed by atoms with Crippen molar-refractivity contribution >= 4 is 0 Å². The number of rotatable bonds is 7. The first-order chi connectivity index (χ1) is 5.62. The molecule has 0 spiro atoms. The second kappa shape index (κ2) is 6.40. The van der Waals surface area contributed by atoms with Crippen LogP contribution in [0.5, 0.6) is 0 Å². The molecular weight excluding hydrogens is 154 g/mol. The molecule has 0 aliphatic carbocycles. The molecule has 0 aliphatic rings. The van der Waals surface area contributed by atoms with Crippen LogP contribution in [0.1, 0.15) is 26.2 Å². The summed E-state index contributed by atoms with van der Waals surface area (Å²) in [4.78, 5) is 0. The van der Waals surface area contributed by atoms with Crippen molar-refractivity contribution in [3.8, 4) is 0 Å². The Hall–Kier alpha value is -0.120. The molecule has 3 heteroatoms. The Labute approximate surface area is 75.2 Å². The number of ether oxygens (including phenoxy) is 2. The molecule has 0 heterocycles. The van der Waals surface area contributed by atoms with Gasteiger partial charge >= 0.3 is 0 Å². The molecule has 0 aromatic carbocycles. The first-order valence-corrected chi connectivity index (χ1v) is 4.39. The third kappa shape index (κ3) is 6.58. The van der Waals surface area contributed by atoms with Gasteiger partial charge in [0.2, 0.25) is 0 Å². The van der Waals surface area contributed by atoms with Gasteiger partial charge in [0.1, 0.15) is 0 Å². The van der Waals surface area contributed by atoms with Gasteiger partial charge in [-0.05, 0) is 26.2 Å².